The van der Waals surface area contributed by atoms with Crippen molar-refractivity contribution in [2.45, 2.75) is 13.1 Å². The SMILES string of the molecule is O=C(NCc1cccc(F)c1)Nc1nc2ccc(Oc3ccc4nc(NC(=O)NCc5cccc(F)c5)[nH]c4c3)cc2[nH]1. The predicted octanol–water partition coefficient (Wildman–Crippen LogP) is 6.15. The second-order valence-corrected chi connectivity index (χ2v) is 9.51. The highest BCUT2D eigenvalue weighted by atomic mass is 19.1. The van der Waals surface area contributed by atoms with Gasteiger partial charge >= 0.3 is 12.1 Å². The summed E-state index contributed by atoms with van der Waals surface area (Å²) in [6, 6.07) is 21.4. The zero-order valence-electron chi connectivity index (χ0n) is 22.4. The molecule has 0 spiro atoms. The lowest BCUT2D eigenvalue weighted by Crippen LogP contribution is -2.28. The average Bonchev–Trinajstić information content (AvgIpc) is 3.57. The maximum Gasteiger partial charge on any atom is 0.321 e. The Kier molecular flexibility index (Phi) is 7.51. The van der Waals surface area contributed by atoms with Gasteiger partial charge in [0.15, 0.2) is 0 Å². The number of hydrogen-bond acceptors (Lipinski definition) is 5. The van der Waals surface area contributed by atoms with E-state index < -0.39 is 12.1 Å². The number of nitrogens with zero attached hydrogens (tertiary/aromatic N) is 2. The smallest absolute Gasteiger partial charge is 0.321 e. The number of amides is 4. The van der Waals surface area contributed by atoms with E-state index in [1.807, 2.05) is 0 Å². The molecule has 6 rings (SSSR count). The number of aromatic amines is 2. The summed E-state index contributed by atoms with van der Waals surface area (Å²) in [5.41, 5.74) is 3.76. The van der Waals surface area contributed by atoms with Crippen LogP contribution in [0.4, 0.5) is 30.3 Å². The Hall–Kier alpha value is -5.98. The quantitative estimate of drug-likeness (QED) is 0.127. The number of imidazole rings is 2. The molecule has 0 aliphatic rings. The number of aromatic nitrogens is 4. The molecule has 13 heteroatoms. The molecule has 6 aromatic rings. The minimum Gasteiger partial charge on any atom is -0.457 e. The third-order valence-electron chi connectivity index (χ3n) is 6.29. The lowest BCUT2D eigenvalue weighted by atomic mass is 10.2. The minimum atomic E-state index is -0.495. The monoisotopic (exact) mass is 582 g/mol. The van der Waals surface area contributed by atoms with Gasteiger partial charge in [0.2, 0.25) is 11.9 Å². The summed E-state index contributed by atoms with van der Waals surface area (Å²) in [5.74, 6) is 0.770. The second-order valence-electron chi connectivity index (χ2n) is 9.51. The van der Waals surface area contributed by atoms with Crippen LogP contribution in [0.2, 0.25) is 0 Å². The van der Waals surface area contributed by atoms with E-state index in [1.165, 1.54) is 24.3 Å². The summed E-state index contributed by atoms with van der Waals surface area (Å²) in [6.07, 6.45) is 0. The summed E-state index contributed by atoms with van der Waals surface area (Å²) in [6.45, 7) is 0.313. The molecule has 4 aromatic carbocycles. The molecule has 0 unspecified atom stereocenters. The van der Waals surface area contributed by atoms with Crippen molar-refractivity contribution < 1.29 is 23.1 Å². The number of ether oxygens (including phenoxy) is 1. The van der Waals surface area contributed by atoms with E-state index >= 15 is 0 Å². The molecule has 0 aliphatic carbocycles. The molecule has 6 N–H and O–H groups in total. The molecule has 0 aliphatic heterocycles. The van der Waals surface area contributed by atoms with Crippen LogP contribution in [0.5, 0.6) is 11.5 Å². The minimum absolute atomic E-state index is 0.157. The highest BCUT2D eigenvalue weighted by Gasteiger charge is 2.11. The fraction of sp³-hybridized carbons (Fsp3) is 0.0667. The molecule has 0 bridgehead atoms. The third-order valence-corrected chi connectivity index (χ3v) is 6.29. The second kappa shape index (κ2) is 11.9. The van der Waals surface area contributed by atoms with E-state index in [2.05, 4.69) is 41.2 Å². The number of fused-ring (bicyclic) bond motifs is 2. The molecule has 11 nitrogen and oxygen atoms in total. The van der Waals surface area contributed by atoms with Crippen molar-refractivity contribution in [2.75, 3.05) is 10.6 Å². The largest absolute Gasteiger partial charge is 0.457 e. The van der Waals surface area contributed by atoms with Gasteiger partial charge in [-0.15, -0.1) is 0 Å². The van der Waals surface area contributed by atoms with Gasteiger partial charge < -0.3 is 25.3 Å². The van der Waals surface area contributed by atoms with Crippen LogP contribution in [-0.2, 0) is 13.1 Å². The molecule has 43 heavy (non-hydrogen) atoms. The zero-order chi connectivity index (χ0) is 29.8. The van der Waals surface area contributed by atoms with Gasteiger partial charge in [-0.1, -0.05) is 24.3 Å². The molecule has 0 fully saturated rings. The van der Waals surface area contributed by atoms with Gasteiger partial charge in [-0.3, -0.25) is 10.6 Å². The third kappa shape index (κ3) is 6.85. The standard InChI is InChI=1S/C30H24F2N8O3/c31-19-5-1-3-17(11-19)15-33-29(41)39-27-35-23-9-7-21(13-25(23)37-27)43-22-8-10-24-26(14-22)38-28(36-24)40-30(42)34-16-18-4-2-6-20(32)12-18/h1-14H,15-16H2,(H3,33,35,37,39,41)(H3,34,36,38,40,42). The number of H-pyrrole nitrogens is 2. The zero-order valence-corrected chi connectivity index (χ0v) is 22.4. The number of benzene rings is 4. The van der Waals surface area contributed by atoms with Crippen molar-refractivity contribution in [3.8, 4) is 11.5 Å². The first-order valence-electron chi connectivity index (χ1n) is 13.1. The summed E-state index contributed by atoms with van der Waals surface area (Å²) in [4.78, 5) is 39.3. The average molecular weight is 583 g/mol. The van der Waals surface area contributed by atoms with Crippen molar-refractivity contribution in [1.82, 2.24) is 30.6 Å². The Balaban J connectivity index is 1.06. The molecule has 2 aromatic heterocycles. The van der Waals surface area contributed by atoms with Crippen LogP contribution in [-0.4, -0.2) is 32.0 Å². The van der Waals surface area contributed by atoms with E-state index in [-0.39, 0.29) is 36.6 Å². The topological polar surface area (TPSA) is 149 Å². The van der Waals surface area contributed by atoms with Gasteiger partial charge in [-0.25, -0.2) is 28.3 Å². The fourth-order valence-corrected chi connectivity index (χ4v) is 4.32. The van der Waals surface area contributed by atoms with Gasteiger partial charge in [0.25, 0.3) is 0 Å². The van der Waals surface area contributed by atoms with Crippen molar-refractivity contribution >= 4 is 46.0 Å². The number of halogens is 2. The van der Waals surface area contributed by atoms with E-state index in [0.717, 1.165) is 0 Å². The highest BCUT2D eigenvalue weighted by Crippen LogP contribution is 2.28. The van der Waals surface area contributed by atoms with Gasteiger partial charge in [-0.05, 0) is 59.7 Å². The maximum absolute atomic E-state index is 13.3. The number of anilines is 2. The normalized spacial score (nSPS) is 10.9. The van der Waals surface area contributed by atoms with Crippen molar-refractivity contribution in [1.29, 1.82) is 0 Å². The van der Waals surface area contributed by atoms with Crippen molar-refractivity contribution in [3.63, 3.8) is 0 Å². The molecular formula is C30H24F2N8O3. The lowest BCUT2D eigenvalue weighted by molar-refractivity contribution is 0.250. The Bertz CT molecular complexity index is 1820. The van der Waals surface area contributed by atoms with Gasteiger partial charge in [0, 0.05) is 25.2 Å². The van der Waals surface area contributed by atoms with Crippen LogP contribution in [0.25, 0.3) is 22.1 Å². The maximum atomic E-state index is 13.3. The summed E-state index contributed by atoms with van der Waals surface area (Å²) in [7, 11) is 0. The Morgan fingerprint density at radius 3 is 1.56 bits per heavy atom. The highest BCUT2D eigenvalue weighted by molar-refractivity contribution is 5.91. The number of hydrogen-bond donors (Lipinski definition) is 6. The van der Waals surface area contributed by atoms with Crippen LogP contribution in [0.1, 0.15) is 11.1 Å². The van der Waals surface area contributed by atoms with Crippen LogP contribution in [0.3, 0.4) is 0 Å². The van der Waals surface area contributed by atoms with E-state index in [4.69, 9.17) is 4.74 Å². The lowest BCUT2D eigenvalue weighted by Gasteiger charge is -2.06. The Labute approximate surface area is 242 Å². The van der Waals surface area contributed by atoms with E-state index in [1.54, 1.807) is 60.7 Å². The molecule has 4 amide bonds. The molecule has 0 saturated carbocycles. The Morgan fingerprint density at radius 2 is 1.12 bits per heavy atom. The molecule has 0 saturated heterocycles. The van der Waals surface area contributed by atoms with Gasteiger partial charge in [0.05, 0.1) is 22.1 Å². The number of nitrogens with one attached hydrogen (secondary N) is 6. The summed E-state index contributed by atoms with van der Waals surface area (Å²) in [5, 5.41) is 10.6. The predicted molar refractivity (Wildman–Crippen MR) is 157 cm³/mol. The summed E-state index contributed by atoms with van der Waals surface area (Å²) >= 11 is 0. The number of rotatable bonds is 8. The van der Waals surface area contributed by atoms with Crippen molar-refractivity contribution in [2.24, 2.45) is 0 Å². The summed E-state index contributed by atoms with van der Waals surface area (Å²) < 4.78 is 32.7. The van der Waals surface area contributed by atoms with Gasteiger partial charge in [0.1, 0.15) is 23.1 Å². The van der Waals surface area contributed by atoms with Crippen LogP contribution >= 0.6 is 0 Å². The van der Waals surface area contributed by atoms with Gasteiger partial charge in [-0.2, -0.15) is 0 Å². The van der Waals surface area contributed by atoms with E-state index in [9.17, 15) is 18.4 Å². The molecule has 0 radical (unpaired) electrons. The van der Waals surface area contributed by atoms with E-state index in [0.29, 0.717) is 44.7 Å². The molecule has 2 heterocycles. The first-order valence-corrected chi connectivity index (χ1v) is 13.1. The number of urea groups is 2. The molecule has 216 valence electrons. The Morgan fingerprint density at radius 1 is 0.651 bits per heavy atom. The first kappa shape index (κ1) is 27.2. The van der Waals surface area contributed by atoms with Crippen LogP contribution < -0.4 is 26.0 Å². The fourth-order valence-electron chi connectivity index (χ4n) is 4.32. The number of carbonyl (C=O) groups excluding carboxylic acids is 2. The molecule has 0 atom stereocenters. The molecular weight excluding hydrogens is 558 g/mol. The van der Waals surface area contributed by atoms with Crippen LogP contribution in [0.15, 0.2) is 84.9 Å². The first-order chi connectivity index (χ1) is 20.9. The number of carbonyl (C=O) groups is 2. The van der Waals surface area contributed by atoms with Crippen molar-refractivity contribution in [3.05, 3.63) is 108 Å². The van der Waals surface area contributed by atoms with Crippen LogP contribution in [0, 0.1) is 11.6 Å².